The number of rotatable bonds is 5. The van der Waals surface area contributed by atoms with Crippen LogP contribution in [0.4, 0.5) is 0 Å². The van der Waals surface area contributed by atoms with Gasteiger partial charge in [0.1, 0.15) is 0 Å². The van der Waals surface area contributed by atoms with Crippen LogP contribution in [0.2, 0.25) is 0 Å². The first-order chi connectivity index (χ1) is 14.9. The van der Waals surface area contributed by atoms with Gasteiger partial charge >= 0.3 is 5.69 Å². The zero-order valence-electron chi connectivity index (χ0n) is 18.1. The van der Waals surface area contributed by atoms with Gasteiger partial charge in [0, 0.05) is 27.2 Å². The number of thioether (sulfide) groups is 1. The Kier molecular flexibility index (Phi) is 6.04. The molecule has 31 heavy (non-hydrogen) atoms. The normalized spacial score (nSPS) is 16.7. The van der Waals surface area contributed by atoms with E-state index in [0.717, 1.165) is 36.1 Å². The number of imidazole rings is 1. The quantitative estimate of drug-likeness (QED) is 0.564. The first-order valence-electron chi connectivity index (χ1n) is 10.5. The molecular formula is C22H27N5O3S. The number of piperidine rings is 1. The van der Waals surface area contributed by atoms with Crippen LogP contribution in [0.25, 0.3) is 11.2 Å². The van der Waals surface area contributed by atoms with Crippen molar-refractivity contribution >= 4 is 28.8 Å². The molecule has 0 N–H and O–H groups in total. The molecule has 0 radical (unpaired) electrons. The molecule has 0 saturated carbocycles. The van der Waals surface area contributed by atoms with Crippen molar-refractivity contribution < 1.29 is 4.79 Å². The lowest BCUT2D eigenvalue weighted by Crippen LogP contribution is -2.40. The van der Waals surface area contributed by atoms with Crippen molar-refractivity contribution in [1.29, 1.82) is 0 Å². The van der Waals surface area contributed by atoms with E-state index in [1.165, 1.54) is 23.4 Å². The summed E-state index contributed by atoms with van der Waals surface area (Å²) in [6, 6.07) is 9.78. The molecule has 1 aliphatic heterocycles. The van der Waals surface area contributed by atoms with Gasteiger partial charge in [0.05, 0.1) is 12.3 Å². The zero-order chi connectivity index (χ0) is 22.1. The van der Waals surface area contributed by atoms with Crippen LogP contribution in [0.15, 0.2) is 45.1 Å². The minimum absolute atomic E-state index is 0.0802. The lowest BCUT2D eigenvalue weighted by atomic mass is 10.0. The molecule has 3 aromatic rings. The maximum atomic E-state index is 13.0. The first-order valence-corrected chi connectivity index (χ1v) is 11.5. The maximum Gasteiger partial charge on any atom is 0.332 e. The second-order valence-corrected chi connectivity index (χ2v) is 9.16. The number of carbonyl (C=O) groups is 1. The summed E-state index contributed by atoms with van der Waals surface area (Å²) in [6.45, 7) is 4.18. The van der Waals surface area contributed by atoms with E-state index in [-0.39, 0.29) is 17.2 Å². The van der Waals surface area contributed by atoms with Crippen LogP contribution in [0.1, 0.15) is 25.3 Å². The number of hydrogen-bond acceptors (Lipinski definition) is 5. The molecule has 0 spiro atoms. The number of aryl methyl sites for hydroxylation is 1. The van der Waals surface area contributed by atoms with Crippen molar-refractivity contribution in [2.45, 2.75) is 31.5 Å². The number of nitrogens with zero attached hydrogens (tertiary/aromatic N) is 5. The highest BCUT2D eigenvalue weighted by Crippen LogP contribution is 2.24. The molecule has 1 aromatic carbocycles. The molecule has 0 aliphatic carbocycles. The fourth-order valence-electron chi connectivity index (χ4n) is 4.08. The van der Waals surface area contributed by atoms with Gasteiger partial charge in [0.25, 0.3) is 5.56 Å². The Morgan fingerprint density at radius 2 is 1.90 bits per heavy atom. The summed E-state index contributed by atoms with van der Waals surface area (Å²) in [7, 11) is 3.08. The lowest BCUT2D eigenvalue weighted by molar-refractivity contribution is -0.130. The first kappa shape index (κ1) is 21.4. The van der Waals surface area contributed by atoms with Crippen LogP contribution in [0, 0.1) is 5.92 Å². The molecule has 4 rings (SSSR count). The Morgan fingerprint density at radius 3 is 2.61 bits per heavy atom. The van der Waals surface area contributed by atoms with E-state index in [0.29, 0.717) is 28.8 Å². The predicted octanol–water partition coefficient (Wildman–Crippen LogP) is 1.83. The Labute approximate surface area is 184 Å². The monoisotopic (exact) mass is 441 g/mol. The molecule has 8 nitrogen and oxygen atoms in total. The van der Waals surface area contributed by atoms with Crippen molar-refractivity contribution in [3.63, 3.8) is 0 Å². The Bertz CT molecular complexity index is 1230. The molecule has 164 valence electrons. The molecule has 1 unspecified atom stereocenters. The molecule has 1 aliphatic rings. The summed E-state index contributed by atoms with van der Waals surface area (Å²) < 4.78 is 4.31. The number of fused-ring (bicyclic) bond motifs is 1. The van der Waals surface area contributed by atoms with Crippen LogP contribution >= 0.6 is 11.8 Å². The van der Waals surface area contributed by atoms with E-state index in [9.17, 15) is 14.4 Å². The number of benzene rings is 1. The van der Waals surface area contributed by atoms with Gasteiger partial charge in [-0.1, -0.05) is 49.0 Å². The summed E-state index contributed by atoms with van der Waals surface area (Å²) in [4.78, 5) is 44.7. The van der Waals surface area contributed by atoms with E-state index in [2.05, 4.69) is 11.9 Å². The minimum atomic E-state index is -0.420. The van der Waals surface area contributed by atoms with Gasteiger partial charge in [0.2, 0.25) is 5.91 Å². The Hall–Kier alpha value is -2.81. The molecule has 1 atom stereocenters. The van der Waals surface area contributed by atoms with Crippen molar-refractivity contribution in [1.82, 2.24) is 23.6 Å². The Morgan fingerprint density at radius 1 is 1.16 bits per heavy atom. The third kappa shape index (κ3) is 4.19. The van der Waals surface area contributed by atoms with Crippen LogP contribution < -0.4 is 11.2 Å². The van der Waals surface area contributed by atoms with E-state index in [1.807, 2.05) is 39.8 Å². The van der Waals surface area contributed by atoms with Gasteiger partial charge in [-0.05, 0) is 24.3 Å². The number of aromatic nitrogens is 4. The molecule has 0 bridgehead atoms. The van der Waals surface area contributed by atoms with Crippen molar-refractivity contribution in [2.75, 3.05) is 18.8 Å². The third-order valence-electron chi connectivity index (χ3n) is 5.83. The largest absolute Gasteiger partial charge is 0.342 e. The van der Waals surface area contributed by atoms with Crippen LogP contribution in [0.3, 0.4) is 0 Å². The maximum absolute atomic E-state index is 13.0. The van der Waals surface area contributed by atoms with E-state index >= 15 is 0 Å². The summed E-state index contributed by atoms with van der Waals surface area (Å²) >= 11 is 1.32. The molecule has 1 fully saturated rings. The van der Waals surface area contributed by atoms with Crippen LogP contribution in [0.5, 0.6) is 0 Å². The number of likely N-dealkylation sites (tertiary alicyclic amines) is 1. The van der Waals surface area contributed by atoms with Gasteiger partial charge in [-0.3, -0.25) is 18.7 Å². The summed E-state index contributed by atoms with van der Waals surface area (Å²) in [5.74, 6) is 0.846. The summed E-state index contributed by atoms with van der Waals surface area (Å²) in [5, 5.41) is 0.565. The highest BCUT2D eigenvalue weighted by Gasteiger charge is 2.23. The molecule has 2 aromatic heterocycles. The van der Waals surface area contributed by atoms with Crippen molar-refractivity contribution in [3.8, 4) is 0 Å². The van der Waals surface area contributed by atoms with Gasteiger partial charge in [-0.15, -0.1) is 0 Å². The number of carbonyl (C=O) groups excluding carboxylic acids is 1. The molecule has 1 amide bonds. The van der Waals surface area contributed by atoms with Gasteiger partial charge in [0.15, 0.2) is 16.3 Å². The molecule has 1 saturated heterocycles. The average Bonchev–Trinajstić information content (AvgIpc) is 3.13. The van der Waals surface area contributed by atoms with Crippen molar-refractivity contribution in [3.05, 3.63) is 56.7 Å². The SMILES string of the molecule is CC1CCCN(C(=O)CSc2nc3c(c(=O)n(C)c(=O)n3C)n2Cc2ccccc2)C1. The van der Waals surface area contributed by atoms with Crippen LogP contribution in [-0.2, 0) is 25.4 Å². The smallest absolute Gasteiger partial charge is 0.332 e. The van der Waals surface area contributed by atoms with E-state index in [1.54, 1.807) is 7.05 Å². The molecule has 3 heterocycles. The lowest BCUT2D eigenvalue weighted by Gasteiger charge is -2.30. The van der Waals surface area contributed by atoms with Crippen LogP contribution in [-0.4, -0.2) is 48.3 Å². The fraction of sp³-hybridized carbons (Fsp3) is 0.455. The minimum Gasteiger partial charge on any atom is -0.342 e. The average molecular weight is 442 g/mol. The third-order valence-corrected chi connectivity index (χ3v) is 6.79. The molecule has 9 heteroatoms. The van der Waals surface area contributed by atoms with Gasteiger partial charge in [-0.25, -0.2) is 9.78 Å². The second kappa shape index (κ2) is 8.74. The van der Waals surface area contributed by atoms with E-state index < -0.39 is 5.69 Å². The van der Waals surface area contributed by atoms with E-state index in [4.69, 9.17) is 0 Å². The highest BCUT2D eigenvalue weighted by atomic mass is 32.2. The zero-order valence-corrected chi connectivity index (χ0v) is 18.9. The Balaban J connectivity index is 1.71. The van der Waals surface area contributed by atoms with Crippen molar-refractivity contribution in [2.24, 2.45) is 20.0 Å². The van der Waals surface area contributed by atoms with Gasteiger partial charge < -0.3 is 9.47 Å². The second-order valence-electron chi connectivity index (χ2n) is 8.22. The highest BCUT2D eigenvalue weighted by molar-refractivity contribution is 7.99. The molecular weight excluding hydrogens is 414 g/mol. The standard InChI is InChI=1S/C22H27N5O3S/c1-15-8-7-11-26(12-15)17(28)14-31-21-23-19-18(20(29)25(3)22(30)24(19)2)27(21)13-16-9-5-4-6-10-16/h4-6,9-10,15H,7-8,11-14H2,1-3H3. The summed E-state index contributed by atoms with van der Waals surface area (Å²) in [5.41, 5.74) is 0.915. The topological polar surface area (TPSA) is 82.1 Å². The fourth-order valence-corrected chi connectivity index (χ4v) is 4.98. The predicted molar refractivity (Wildman–Crippen MR) is 121 cm³/mol. The van der Waals surface area contributed by atoms with Gasteiger partial charge in [-0.2, -0.15) is 0 Å². The number of amides is 1. The summed E-state index contributed by atoms with van der Waals surface area (Å²) in [6.07, 6.45) is 2.18. The number of hydrogen-bond donors (Lipinski definition) is 0.